The Labute approximate surface area is 111 Å². The van der Waals surface area contributed by atoms with Crippen LogP contribution in [0.15, 0.2) is 30.3 Å². The number of hydrogen-bond acceptors (Lipinski definition) is 3. The van der Waals surface area contributed by atoms with Crippen molar-refractivity contribution in [3.63, 3.8) is 0 Å². The minimum atomic E-state index is 0.126. The van der Waals surface area contributed by atoms with Gasteiger partial charge in [0.25, 0.3) is 0 Å². The Morgan fingerprint density at radius 2 is 1.89 bits per heavy atom. The van der Waals surface area contributed by atoms with Gasteiger partial charge in [0.1, 0.15) is 5.52 Å². The molecule has 0 aliphatic heterocycles. The lowest BCUT2D eigenvalue weighted by atomic mass is 10.1. The molecule has 0 aliphatic rings. The summed E-state index contributed by atoms with van der Waals surface area (Å²) in [6.07, 6.45) is 0. The van der Waals surface area contributed by atoms with E-state index in [0.717, 1.165) is 16.9 Å². The first kappa shape index (κ1) is 11.8. The zero-order valence-electron chi connectivity index (χ0n) is 11.3. The standard InChI is InChI=1S/C14H17N5/c1-9-12-13(18(3)17-9)19(14(15)16-12)10(2)11-7-5-4-6-8-11/h4-8,10H,1-3H3,(H2,15,16). The van der Waals surface area contributed by atoms with Crippen molar-refractivity contribution in [3.05, 3.63) is 41.6 Å². The maximum absolute atomic E-state index is 6.08. The van der Waals surface area contributed by atoms with Gasteiger partial charge in [-0.25, -0.2) is 4.98 Å². The molecule has 0 fully saturated rings. The smallest absolute Gasteiger partial charge is 0.203 e. The molecule has 98 valence electrons. The van der Waals surface area contributed by atoms with Gasteiger partial charge in [0.15, 0.2) is 5.65 Å². The fraction of sp³-hybridized carbons (Fsp3) is 0.286. The Hall–Kier alpha value is -2.30. The van der Waals surface area contributed by atoms with Crippen molar-refractivity contribution >= 4 is 17.1 Å². The second-order valence-corrected chi connectivity index (χ2v) is 4.81. The molecule has 2 aromatic heterocycles. The van der Waals surface area contributed by atoms with Crippen LogP contribution in [0.1, 0.15) is 24.2 Å². The van der Waals surface area contributed by atoms with E-state index in [1.165, 1.54) is 5.56 Å². The van der Waals surface area contributed by atoms with Crippen LogP contribution in [0.4, 0.5) is 5.95 Å². The Balaban J connectivity index is 2.22. The highest BCUT2D eigenvalue weighted by molar-refractivity contribution is 5.77. The third-order valence-electron chi connectivity index (χ3n) is 3.53. The number of hydrogen-bond donors (Lipinski definition) is 1. The number of benzene rings is 1. The number of rotatable bonds is 2. The lowest BCUT2D eigenvalue weighted by molar-refractivity contribution is 0.636. The van der Waals surface area contributed by atoms with Gasteiger partial charge in [-0.2, -0.15) is 5.10 Å². The molecule has 1 unspecified atom stereocenters. The van der Waals surface area contributed by atoms with Crippen LogP contribution < -0.4 is 5.73 Å². The van der Waals surface area contributed by atoms with Crippen LogP contribution in [0.2, 0.25) is 0 Å². The largest absolute Gasteiger partial charge is 0.369 e. The van der Waals surface area contributed by atoms with Crippen molar-refractivity contribution in [1.82, 2.24) is 19.3 Å². The maximum atomic E-state index is 6.08. The fourth-order valence-electron chi connectivity index (χ4n) is 2.58. The van der Waals surface area contributed by atoms with Crippen molar-refractivity contribution in [1.29, 1.82) is 0 Å². The first-order valence-corrected chi connectivity index (χ1v) is 6.31. The normalized spacial score (nSPS) is 13.0. The molecular formula is C14H17N5. The highest BCUT2D eigenvalue weighted by Gasteiger charge is 2.20. The molecule has 0 amide bonds. The molecule has 1 aromatic carbocycles. The second kappa shape index (κ2) is 4.12. The number of anilines is 1. The average Bonchev–Trinajstić information content (AvgIpc) is 2.88. The Morgan fingerprint density at radius 3 is 2.58 bits per heavy atom. The van der Waals surface area contributed by atoms with Crippen molar-refractivity contribution in [2.45, 2.75) is 19.9 Å². The average molecular weight is 255 g/mol. The first-order chi connectivity index (χ1) is 9.09. The van der Waals surface area contributed by atoms with E-state index in [1.807, 2.05) is 41.4 Å². The van der Waals surface area contributed by atoms with Crippen LogP contribution >= 0.6 is 0 Å². The number of fused-ring (bicyclic) bond motifs is 1. The summed E-state index contributed by atoms with van der Waals surface area (Å²) < 4.78 is 3.87. The number of nitrogen functional groups attached to an aromatic ring is 1. The van der Waals surface area contributed by atoms with E-state index in [-0.39, 0.29) is 6.04 Å². The Morgan fingerprint density at radius 1 is 1.21 bits per heavy atom. The maximum Gasteiger partial charge on any atom is 0.203 e. The van der Waals surface area contributed by atoms with E-state index in [2.05, 4.69) is 29.1 Å². The molecule has 0 saturated heterocycles. The van der Waals surface area contributed by atoms with Gasteiger partial charge < -0.3 is 5.73 Å². The Kier molecular flexibility index (Phi) is 2.55. The molecule has 2 N–H and O–H groups in total. The van der Waals surface area contributed by atoms with Crippen molar-refractivity contribution < 1.29 is 0 Å². The van der Waals surface area contributed by atoms with E-state index in [1.54, 1.807) is 0 Å². The molecule has 5 nitrogen and oxygen atoms in total. The number of aryl methyl sites for hydroxylation is 2. The topological polar surface area (TPSA) is 61.7 Å². The molecule has 0 aliphatic carbocycles. The summed E-state index contributed by atoms with van der Waals surface area (Å²) in [6.45, 7) is 4.07. The number of nitrogens with two attached hydrogens (primary N) is 1. The number of nitrogens with zero attached hydrogens (tertiary/aromatic N) is 4. The monoisotopic (exact) mass is 255 g/mol. The molecular weight excluding hydrogens is 238 g/mol. The van der Waals surface area contributed by atoms with Crippen LogP contribution in [0.5, 0.6) is 0 Å². The minimum absolute atomic E-state index is 0.126. The van der Waals surface area contributed by atoms with E-state index in [4.69, 9.17) is 5.73 Å². The summed E-state index contributed by atoms with van der Waals surface area (Å²) in [6, 6.07) is 10.4. The third kappa shape index (κ3) is 1.69. The van der Waals surface area contributed by atoms with E-state index in [0.29, 0.717) is 5.95 Å². The summed E-state index contributed by atoms with van der Waals surface area (Å²) in [5.41, 5.74) is 10.0. The lowest BCUT2D eigenvalue weighted by Gasteiger charge is -2.16. The molecule has 0 saturated carbocycles. The molecule has 3 aromatic rings. The predicted octanol–water partition coefficient (Wildman–Crippen LogP) is 2.27. The quantitative estimate of drug-likeness (QED) is 0.764. The number of aromatic nitrogens is 4. The first-order valence-electron chi connectivity index (χ1n) is 6.31. The summed E-state index contributed by atoms with van der Waals surface area (Å²) in [5.74, 6) is 0.530. The van der Waals surface area contributed by atoms with Gasteiger partial charge in [-0.15, -0.1) is 0 Å². The van der Waals surface area contributed by atoms with Gasteiger partial charge in [-0.3, -0.25) is 9.25 Å². The summed E-state index contributed by atoms with van der Waals surface area (Å²) in [4.78, 5) is 4.44. The molecule has 0 spiro atoms. The van der Waals surface area contributed by atoms with Crippen LogP contribution in [0.3, 0.4) is 0 Å². The van der Waals surface area contributed by atoms with Crippen molar-refractivity contribution in [2.75, 3.05) is 5.73 Å². The molecule has 2 heterocycles. The summed E-state index contributed by atoms with van der Waals surface area (Å²) in [5, 5.41) is 4.41. The van der Waals surface area contributed by atoms with Crippen molar-refractivity contribution in [2.24, 2.45) is 7.05 Å². The van der Waals surface area contributed by atoms with Gasteiger partial charge in [0, 0.05) is 7.05 Å². The van der Waals surface area contributed by atoms with Crippen LogP contribution in [-0.2, 0) is 7.05 Å². The Bertz CT molecular complexity index is 723. The molecule has 5 heteroatoms. The lowest BCUT2D eigenvalue weighted by Crippen LogP contribution is -2.12. The fourth-order valence-corrected chi connectivity index (χ4v) is 2.58. The molecule has 0 radical (unpaired) electrons. The van der Waals surface area contributed by atoms with E-state index >= 15 is 0 Å². The highest BCUT2D eigenvalue weighted by Crippen LogP contribution is 2.28. The van der Waals surface area contributed by atoms with Crippen LogP contribution in [-0.4, -0.2) is 19.3 Å². The molecule has 3 rings (SSSR count). The highest BCUT2D eigenvalue weighted by atomic mass is 15.4. The van der Waals surface area contributed by atoms with Gasteiger partial charge in [0.2, 0.25) is 5.95 Å². The zero-order valence-corrected chi connectivity index (χ0v) is 11.3. The zero-order chi connectivity index (χ0) is 13.6. The molecule has 1 atom stereocenters. The van der Waals surface area contributed by atoms with Crippen molar-refractivity contribution in [3.8, 4) is 0 Å². The summed E-state index contributed by atoms with van der Waals surface area (Å²) >= 11 is 0. The van der Waals surface area contributed by atoms with Gasteiger partial charge >= 0.3 is 0 Å². The van der Waals surface area contributed by atoms with Crippen LogP contribution in [0, 0.1) is 6.92 Å². The van der Waals surface area contributed by atoms with Crippen LogP contribution in [0.25, 0.3) is 11.2 Å². The summed E-state index contributed by atoms with van der Waals surface area (Å²) in [7, 11) is 1.92. The van der Waals surface area contributed by atoms with E-state index in [9.17, 15) is 0 Å². The predicted molar refractivity (Wildman–Crippen MR) is 75.9 cm³/mol. The van der Waals surface area contributed by atoms with Gasteiger partial charge in [-0.1, -0.05) is 30.3 Å². The molecule has 19 heavy (non-hydrogen) atoms. The van der Waals surface area contributed by atoms with E-state index < -0.39 is 0 Å². The minimum Gasteiger partial charge on any atom is -0.369 e. The SMILES string of the molecule is Cc1nn(C)c2c1nc(N)n2C(C)c1ccccc1. The van der Waals surface area contributed by atoms with Gasteiger partial charge in [0.05, 0.1) is 11.7 Å². The molecule has 0 bridgehead atoms. The number of imidazole rings is 1. The third-order valence-corrected chi connectivity index (χ3v) is 3.53. The van der Waals surface area contributed by atoms with Gasteiger partial charge in [-0.05, 0) is 19.4 Å². The second-order valence-electron chi connectivity index (χ2n) is 4.81.